The maximum Gasteiger partial charge on any atom is 0.222 e. The molecule has 1 fully saturated rings. The molecule has 2 unspecified atom stereocenters. The van der Waals surface area contributed by atoms with Crippen LogP contribution in [-0.2, 0) is 4.79 Å². The Hall–Kier alpha value is -0.220. The number of nitrogens with two attached hydrogens (primary N) is 1. The number of hydrogen-bond donors (Lipinski definition) is 1. The summed E-state index contributed by atoms with van der Waals surface area (Å²) < 4.78 is 0. The summed E-state index contributed by atoms with van der Waals surface area (Å²) in [5.41, 5.74) is 5.95. The first-order valence-corrected chi connectivity index (χ1v) is 9.02. The average Bonchev–Trinajstić information content (AvgIpc) is 2.41. The molecule has 0 aromatic carbocycles. The molecule has 4 heteroatoms. The smallest absolute Gasteiger partial charge is 0.222 e. The summed E-state index contributed by atoms with van der Waals surface area (Å²) in [5, 5.41) is 0.634. The van der Waals surface area contributed by atoms with E-state index in [0.29, 0.717) is 30.0 Å². The Morgan fingerprint density at radius 1 is 1.40 bits per heavy atom. The first-order valence-electron chi connectivity index (χ1n) is 7.98. The number of thioether (sulfide) groups is 1. The lowest BCUT2D eigenvalue weighted by Gasteiger charge is -2.34. The molecule has 1 aliphatic heterocycles. The van der Waals surface area contributed by atoms with Crippen LogP contribution in [0.4, 0.5) is 0 Å². The number of carbonyl (C=O) groups is 1. The summed E-state index contributed by atoms with van der Waals surface area (Å²) in [6.45, 7) is 11.6. The molecule has 1 saturated heterocycles. The highest BCUT2D eigenvalue weighted by atomic mass is 32.2. The third-order valence-corrected chi connectivity index (χ3v) is 5.77. The van der Waals surface area contributed by atoms with E-state index in [0.717, 1.165) is 38.1 Å². The highest BCUT2D eigenvalue weighted by Crippen LogP contribution is 2.32. The van der Waals surface area contributed by atoms with Gasteiger partial charge in [-0.1, -0.05) is 27.7 Å². The van der Waals surface area contributed by atoms with E-state index in [4.69, 9.17) is 5.73 Å². The van der Waals surface area contributed by atoms with Crippen molar-refractivity contribution in [3.8, 4) is 0 Å². The third-order valence-electron chi connectivity index (χ3n) is 4.39. The van der Waals surface area contributed by atoms with Gasteiger partial charge in [-0.05, 0) is 37.1 Å². The predicted molar refractivity (Wildman–Crippen MR) is 89.0 cm³/mol. The second-order valence-electron chi connectivity index (χ2n) is 6.92. The molecule has 1 rings (SSSR count). The van der Waals surface area contributed by atoms with E-state index in [-0.39, 0.29) is 5.41 Å². The summed E-state index contributed by atoms with van der Waals surface area (Å²) in [7, 11) is 0. The van der Waals surface area contributed by atoms with Crippen molar-refractivity contribution in [1.29, 1.82) is 0 Å². The molecule has 0 radical (unpaired) electrons. The predicted octanol–water partition coefficient (Wildman–Crippen LogP) is 3.13. The summed E-state index contributed by atoms with van der Waals surface area (Å²) in [5.74, 6) is 1.98. The highest BCUT2D eigenvalue weighted by molar-refractivity contribution is 8.00. The molecule has 0 saturated carbocycles. The molecule has 1 amide bonds. The number of amides is 1. The minimum absolute atomic E-state index is 0.239. The van der Waals surface area contributed by atoms with Gasteiger partial charge in [-0.3, -0.25) is 4.79 Å². The summed E-state index contributed by atoms with van der Waals surface area (Å²) >= 11 is 2.01. The fourth-order valence-electron chi connectivity index (χ4n) is 2.86. The van der Waals surface area contributed by atoms with Crippen molar-refractivity contribution in [1.82, 2.24) is 4.90 Å². The van der Waals surface area contributed by atoms with Crippen LogP contribution in [0.15, 0.2) is 0 Å². The Balaban J connectivity index is 2.44. The highest BCUT2D eigenvalue weighted by Gasteiger charge is 2.27. The van der Waals surface area contributed by atoms with Gasteiger partial charge in [-0.2, -0.15) is 11.8 Å². The molecular formula is C16H32N2OS. The number of rotatable bonds is 6. The zero-order chi connectivity index (χ0) is 15.2. The number of nitrogens with zero attached hydrogens (tertiary/aromatic N) is 1. The Morgan fingerprint density at radius 3 is 2.65 bits per heavy atom. The standard InChI is InChI=1S/C16H32N2OS/c1-5-14-12-18(10-11-20-14)15(19)7-6-13(8-9-17)16(2,3)4/h13-14H,5-12,17H2,1-4H3. The van der Waals surface area contributed by atoms with E-state index in [1.54, 1.807) is 0 Å². The van der Waals surface area contributed by atoms with Gasteiger partial charge in [0.1, 0.15) is 0 Å². The minimum Gasteiger partial charge on any atom is -0.341 e. The molecule has 20 heavy (non-hydrogen) atoms. The van der Waals surface area contributed by atoms with Crippen molar-refractivity contribution >= 4 is 17.7 Å². The van der Waals surface area contributed by atoms with E-state index in [2.05, 4.69) is 32.6 Å². The van der Waals surface area contributed by atoms with Crippen molar-refractivity contribution < 1.29 is 4.79 Å². The fraction of sp³-hybridized carbons (Fsp3) is 0.938. The Bertz CT molecular complexity index is 301. The molecule has 2 atom stereocenters. The van der Waals surface area contributed by atoms with Crippen molar-refractivity contribution in [2.75, 3.05) is 25.4 Å². The van der Waals surface area contributed by atoms with Crippen LogP contribution in [0, 0.1) is 11.3 Å². The summed E-state index contributed by atoms with van der Waals surface area (Å²) in [4.78, 5) is 14.5. The van der Waals surface area contributed by atoms with Crippen LogP contribution in [-0.4, -0.2) is 41.4 Å². The quantitative estimate of drug-likeness (QED) is 0.820. The molecule has 2 N–H and O–H groups in total. The van der Waals surface area contributed by atoms with E-state index in [1.165, 1.54) is 0 Å². The van der Waals surface area contributed by atoms with Crippen LogP contribution >= 0.6 is 11.8 Å². The Morgan fingerprint density at radius 2 is 2.10 bits per heavy atom. The van der Waals surface area contributed by atoms with Crippen LogP contribution < -0.4 is 5.73 Å². The second kappa shape index (κ2) is 8.28. The number of carbonyl (C=O) groups excluding carboxylic acids is 1. The van der Waals surface area contributed by atoms with Crippen molar-refractivity contribution in [3.05, 3.63) is 0 Å². The maximum atomic E-state index is 12.4. The van der Waals surface area contributed by atoms with Gasteiger partial charge in [0.25, 0.3) is 0 Å². The zero-order valence-corrected chi connectivity index (χ0v) is 14.5. The zero-order valence-electron chi connectivity index (χ0n) is 13.7. The minimum atomic E-state index is 0.239. The van der Waals surface area contributed by atoms with Gasteiger partial charge >= 0.3 is 0 Å². The van der Waals surface area contributed by atoms with Gasteiger partial charge in [0.15, 0.2) is 0 Å². The maximum absolute atomic E-state index is 12.4. The molecule has 0 spiro atoms. The fourth-order valence-corrected chi connectivity index (χ4v) is 4.04. The third kappa shape index (κ3) is 5.65. The Labute approximate surface area is 129 Å². The monoisotopic (exact) mass is 300 g/mol. The molecule has 0 aromatic rings. The van der Waals surface area contributed by atoms with Crippen LogP contribution in [0.25, 0.3) is 0 Å². The molecular weight excluding hydrogens is 268 g/mol. The van der Waals surface area contributed by atoms with E-state index < -0.39 is 0 Å². The molecule has 1 heterocycles. The normalized spacial score (nSPS) is 21.9. The van der Waals surface area contributed by atoms with Gasteiger partial charge in [0.05, 0.1) is 0 Å². The second-order valence-corrected chi connectivity index (χ2v) is 8.33. The lowest BCUT2D eigenvalue weighted by molar-refractivity contribution is -0.131. The molecule has 3 nitrogen and oxygen atoms in total. The largest absolute Gasteiger partial charge is 0.341 e. The number of hydrogen-bond acceptors (Lipinski definition) is 3. The first-order chi connectivity index (χ1) is 9.38. The Kier molecular flexibility index (Phi) is 7.38. The van der Waals surface area contributed by atoms with Gasteiger partial charge < -0.3 is 10.6 Å². The van der Waals surface area contributed by atoms with Crippen LogP contribution in [0.3, 0.4) is 0 Å². The lowest BCUT2D eigenvalue weighted by Crippen LogP contribution is -2.42. The van der Waals surface area contributed by atoms with Gasteiger partial charge in [-0.15, -0.1) is 0 Å². The van der Waals surface area contributed by atoms with Crippen molar-refractivity contribution in [2.45, 2.75) is 58.6 Å². The van der Waals surface area contributed by atoms with Crippen LogP contribution in [0.1, 0.15) is 53.4 Å². The van der Waals surface area contributed by atoms with E-state index in [9.17, 15) is 4.79 Å². The van der Waals surface area contributed by atoms with Gasteiger partial charge in [0.2, 0.25) is 5.91 Å². The summed E-state index contributed by atoms with van der Waals surface area (Å²) in [6.07, 6.45) is 3.83. The average molecular weight is 301 g/mol. The lowest BCUT2D eigenvalue weighted by atomic mass is 9.76. The van der Waals surface area contributed by atoms with Gasteiger partial charge in [-0.25, -0.2) is 0 Å². The van der Waals surface area contributed by atoms with E-state index in [1.807, 2.05) is 11.8 Å². The SMILES string of the molecule is CCC1CN(C(=O)CCC(CCN)C(C)(C)C)CCS1. The molecule has 0 aromatic heterocycles. The molecule has 0 bridgehead atoms. The van der Waals surface area contributed by atoms with Crippen LogP contribution in [0.5, 0.6) is 0 Å². The van der Waals surface area contributed by atoms with Crippen molar-refractivity contribution in [2.24, 2.45) is 17.1 Å². The topological polar surface area (TPSA) is 46.3 Å². The van der Waals surface area contributed by atoms with E-state index >= 15 is 0 Å². The molecule has 1 aliphatic rings. The molecule has 0 aliphatic carbocycles. The van der Waals surface area contributed by atoms with Crippen molar-refractivity contribution in [3.63, 3.8) is 0 Å². The first kappa shape index (κ1) is 17.8. The summed E-state index contributed by atoms with van der Waals surface area (Å²) in [6, 6.07) is 0. The molecule has 118 valence electrons. The van der Waals surface area contributed by atoms with Crippen LogP contribution in [0.2, 0.25) is 0 Å². The van der Waals surface area contributed by atoms with Gasteiger partial charge in [0, 0.05) is 30.5 Å².